The summed E-state index contributed by atoms with van der Waals surface area (Å²) < 4.78 is 36.7. The molecule has 1 unspecified atom stereocenters. The van der Waals surface area contributed by atoms with Crippen molar-refractivity contribution in [2.75, 3.05) is 0 Å². The predicted molar refractivity (Wildman–Crippen MR) is 54.0 cm³/mol. The summed E-state index contributed by atoms with van der Waals surface area (Å²) >= 11 is 0. The molecule has 0 aliphatic heterocycles. The summed E-state index contributed by atoms with van der Waals surface area (Å²) in [4.78, 5) is 11.5. The first-order chi connectivity index (χ1) is 7.30. The van der Waals surface area contributed by atoms with Crippen molar-refractivity contribution >= 4 is 5.78 Å². The SMILES string of the molecule is CC(N)CC(=O)c1ccc(C(F)(F)F)cc1. The van der Waals surface area contributed by atoms with E-state index in [9.17, 15) is 18.0 Å². The van der Waals surface area contributed by atoms with E-state index in [2.05, 4.69) is 0 Å². The van der Waals surface area contributed by atoms with Crippen molar-refractivity contribution in [3.8, 4) is 0 Å². The third kappa shape index (κ3) is 3.34. The van der Waals surface area contributed by atoms with Crippen molar-refractivity contribution in [1.82, 2.24) is 0 Å². The average molecular weight is 231 g/mol. The quantitative estimate of drug-likeness (QED) is 0.812. The van der Waals surface area contributed by atoms with Crippen LogP contribution in [0, 0.1) is 0 Å². The van der Waals surface area contributed by atoms with Gasteiger partial charge in [-0.15, -0.1) is 0 Å². The Morgan fingerprint density at radius 2 is 1.81 bits per heavy atom. The van der Waals surface area contributed by atoms with Crippen molar-refractivity contribution < 1.29 is 18.0 Å². The van der Waals surface area contributed by atoms with E-state index in [1.54, 1.807) is 6.92 Å². The molecule has 0 aliphatic rings. The second-order valence-corrected chi connectivity index (χ2v) is 3.68. The summed E-state index contributed by atoms with van der Waals surface area (Å²) in [6, 6.07) is 3.85. The lowest BCUT2D eigenvalue weighted by Crippen LogP contribution is -2.19. The number of carbonyl (C=O) groups is 1. The molecule has 1 atom stereocenters. The van der Waals surface area contributed by atoms with E-state index in [4.69, 9.17) is 5.73 Å². The number of hydrogen-bond acceptors (Lipinski definition) is 2. The summed E-state index contributed by atoms with van der Waals surface area (Å²) in [6.45, 7) is 1.67. The monoisotopic (exact) mass is 231 g/mol. The van der Waals surface area contributed by atoms with Gasteiger partial charge in [0.05, 0.1) is 5.56 Å². The number of ketones is 1. The lowest BCUT2D eigenvalue weighted by molar-refractivity contribution is -0.137. The smallest absolute Gasteiger partial charge is 0.328 e. The summed E-state index contributed by atoms with van der Waals surface area (Å²) in [6.07, 6.45) is -4.24. The van der Waals surface area contributed by atoms with Gasteiger partial charge in [0.25, 0.3) is 0 Å². The fourth-order valence-electron chi connectivity index (χ4n) is 1.26. The number of halogens is 3. The molecule has 1 aromatic carbocycles. The molecule has 16 heavy (non-hydrogen) atoms. The van der Waals surface area contributed by atoms with Gasteiger partial charge in [-0.3, -0.25) is 4.79 Å². The van der Waals surface area contributed by atoms with E-state index in [1.165, 1.54) is 12.1 Å². The van der Waals surface area contributed by atoms with Crippen LogP contribution in [0.4, 0.5) is 13.2 Å². The molecule has 2 N–H and O–H groups in total. The van der Waals surface area contributed by atoms with Gasteiger partial charge in [-0.25, -0.2) is 0 Å². The van der Waals surface area contributed by atoms with Crippen LogP contribution in [0.1, 0.15) is 29.3 Å². The molecule has 0 spiro atoms. The van der Waals surface area contributed by atoms with Gasteiger partial charge in [0.2, 0.25) is 0 Å². The van der Waals surface area contributed by atoms with Gasteiger partial charge in [0.1, 0.15) is 0 Å². The Morgan fingerprint density at radius 1 is 1.31 bits per heavy atom. The Kier molecular flexibility index (Phi) is 3.70. The lowest BCUT2D eigenvalue weighted by atomic mass is 10.0. The molecule has 1 aromatic rings. The second kappa shape index (κ2) is 4.65. The van der Waals surface area contributed by atoms with E-state index in [0.29, 0.717) is 0 Å². The number of alkyl halides is 3. The number of hydrogen-bond donors (Lipinski definition) is 1. The van der Waals surface area contributed by atoms with Crippen molar-refractivity contribution in [1.29, 1.82) is 0 Å². The fraction of sp³-hybridized carbons (Fsp3) is 0.364. The van der Waals surface area contributed by atoms with Crippen LogP contribution in [0.2, 0.25) is 0 Å². The fourth-order valence-corrected chi connectivity index (χ4v) is 1.26. The topological polar surface area (TPSA) is 43.1 Å². The van der Waals surface area contributed by atoms with Crippen molar-refractivity contribution in [3.05, 3.63) is 35.4 Å². The van der Waals surface area contributed by atoms with Crippen LogP contribution in [-0.2, 0) is 6.18 Å². The predicted octanol–water partition coefficient (Wildman–Crippen LogP) is 2.63. The van der Waals surface area contributed by atoms with Gasteiger partial charge in [0.15, 0.2) is 5.78 Å². The Labute approximate surface area is 91.3 Å². The molecule has 2 nitrogen and oxygen atoms in total. The molecular formula is C11H12F3NO. The highest BCUT2D eigenvalue weighted by Crippen LogP contribution is 2.29. The molecule has 0 fully saturated rings. The number of rotatable bonds is 3. The largest absolute Gasteiger partial charge is 0.416 e. The summed E-state index contributed by atoms with van der Waals surface area (Å²) in [5.41, 5.74) is 4.92. The Balaban J connectivity index is 2.83. The highest BCUT2D eigenvalue weighted by Gasteiger charge is 2.30. The van der Waals surface area contributed by atoms with E-state index in [0.717, 1.165) is 12.1 Å². The third-order valence-electron chi connectivity index (χ3n) is 2.04. The minimum absolute atomic E-state index is 0.130. The van der Waals surface area contributed by atoms with Crippen LogP contribution in [-0.4, -0.2) is 11.8 Å². The molecular weight excluding hydrogens is 219 g/mol. The van der Waals surface area contributed by atoms with Crippen LogP contribution < -0.4 is 5.73 Å². The number of benzene rings is 1. The zero-order chi connectivity index (χ0) is 12.3. The third-order valence-corrected chi connectivity index (χ3v) is 2.04. The molecule has 0 bridgehead atoms. The maximum Gasteiger partial charge on any atom is 0.416 e. The van der Waals surface area contributed by atoms with Crippen molar-refractivity contribution in [2.45, 2.75) is 25.6 Å². The molecule has 1 rings (SSSR count). The van der Waals surface area contributed by atoms with Crippen molar-refractivity contribution in [3.63, 3.8) is 0 Å². The zero-order valence-corrected chi connectivity index (χ0v) is 8.71. The maximum atomic E-state index is 12.2. The molecule has 0 aromatic heterocycles. The van der Waals surface area contributed by atoms with Crippen LogP contribution in [0.25, 0.3) is 0 Å². The van der Waals surface area contributed by atoms with Crippen LogP contribution >= 0.6 is 0 Å². The summed E-state index contributed by atoms with van der Waals surface area (Å²) in [7, 11) is 0. The lowest BCUT2D eigenvalue weighted by Gasteiger charge is -2.08. The van der Waals surface area contributed by atoms with Gasteiger partial charge in [-0.05, 0) is 19.1 Å². The van der Waals surface area contributed by atoms with E-state index in [-0.39, 0.29) is 23.8 Å². The highest BCUT2D eigenvalue weighted by molar-refractivity contribution is 5.96. The second-order valence-electron chi connectivity index (χ2n) is 3.68. The van der Waals surface area contributed by atoms with E-state index >= 15 is 0 Å². The van der Waals surface area contributed by atoms with Gasteiger partial charge < -0.3 is 5.73 Å². The molecule has 0 radical (unpaired) electrons. The average Bonchev–Trinajstić information content (AvgIpc) is 2.15. The van der Waals surface area contributed by atoms with Gasteiger partial charge in [-0.2, -0.15) is 13.2 Å². The molecule has 0 saturated carbocycles. The Morgan fingerprint density at radius 3 is 2.19 bits per heavy atom. The summed E-state index contributed by atoms with van der Waals surface area (Å²) in [5, 5.41) is 0. The maximum absolute atomic E-state index is 12.2. The molecule has 0 heterocycles. The van der Waals surface area contributed by atoms with Crippen LogP contribution in [0.5, 0.6) is 0 Å². The van der Waals surface area contributed by atoms with Gasteiger partial charge >= 0.3 is 6.18 Å². The van der Waals surface area contributed by atoms with E-state index < -0.39 is 11.7 Å². The Hall–Kier alpha value is -1.36. The normalized spacial score (nSPS) is 13.6. The first kappa shape index (κ1) is 12.7. The first-order valence-electron chi connectivity index (χ1n) is 4.76. The van der Waals surface area contributed by atoms with Crippen molar-refractivity contribution in [2.24, 2.45) is 5.73 Å². The summed E-state index contributed by atoms with van der Waals surface area (Å²) in [5.74, 6) is -0.247. The number of nitrogens with two attached hydrogens (primary N) is 1. The minimum atomic E-state index is -4.37. The zero-order valence-electron chi connectivity index (χ0n) is 8.71. The first-order valence-corrected chi connectivity index (χ1v) is 4.76. The molecule has 88 valence electrons. The van der Waals surface area contributed by atoms with Crippen LogP contribution in [0.3, 0.4) is 0 Å². The standard InChI is InChI=1S/C11H12F3NO/c1-7(15)6-10(16)8-2-4-9(5-3-8)11(12,13)14/h2-5,7H,6,15H2,1H3. The number of Topliss-reactive ketones (excluding diaryl/α,β-unsaturated/α-hetero) is 1. The van der Waals surface area contributed by atoms with E-state index in [1.807, 2.05) is 0 Å². The Bertz CT molecular complexity index is 368. The van der Waals surface area contributed by atoms with Gasteiger partial charge in [0, 0.05) is 18.0 Å². The number of carbonyl (C=O) groups excluding carboxylic acids is 1. The van der Waals surface area contributed by atoms with Crippen LogP contribution in [0.15, 0.2) is 24.3 Å². The molecule has 5 heteroatoms. The molecule has 0 aliphatic carbocycles. The molecule has 0 saturated heterocycles. The highest BCUT2D eigenvalue weighted by atomic mass is 19.4. The minimum Gasteiger partial charge on any atom is -0.328 e. The van der Waals surface area contributed by atoms with Gasteiger partial charge in [-0.1, -0.05) is 12.1 Å². The molecule has 0 amide bonds.